The summed E-state index contributed by atoms with van der Waals surface area (Å²) in [5, 5.41) is 0. The van der Waals surface area contributed by atoms with Crippen molar-refractivity contribution in [2.75, 3.05) is 0 Å². The van der Waals surface area contributed by atoms with Crippen LogP contribution in [0.3, 0.4) is 0 Å². The average Bonchev–Trinajstić information content (AvgIpc) is 3.58. The Hall–Kier alpha value is -3.01. The Balaban J connectivity index is 1.51. The van der Waals surface area contributed by atoms with Gasteiger partial charge in [-0.05, 0) is 29.9 Å². The van der Waals surface area contributed by atoms with E-state index in [2.05, 4.69) is 48.1 Å². The van der Waals surface area contributed by atoms with Gasteiger partial charge in [-0.1, -0.05) is 68.4 Å². The fraction of sp³-hybridized carbons (Fsp3) is 0.292. The van der Waals surface area contributed by atoms with E-state index in [0.29, 0.717) is 29.9 Å². The van der Waals surface area contributed by atoms with Crippen molar-refractivity contribution in [3.8, 4) is 11.4 Å². The first-order chi connectivity index (χ1) is 13.6. The average molecular weight is 371 g/mol. The van der Waals surface area contributed by atoms with Crippen molar-refractivity contribution in [3.05, 3.63) is 83.7 Å². The molecule has 4 heteroatoms. The van der Waals surface area contributed by atoms with Gasteiger partial charge in [-0.2, -0.15) is 0 Å². The minimum atomic E-state index is 0.00930. The van der Waals surface area contributed by atoms with E-state index in [-0.39, 0.29) is 5.91 Å². The Morgan fingerprint density at radius 2 is 1.64 bits per heavy atom. The molecule has 0 bridgehead atoms. The molecular weight excluding hydrogens is 346 g/mol. The van der Waals surface area contributed by atoms with E-state index in [0.717, 1.165) is 24.0 Å². The third kappa shape index (κ3) is 4.11. The largest absolute Gasteiger partial charge is 0.331 e. The quantitative estimate of drug-likeness (QED) is 0.607. The van der Waals surface area contributed by atoms with E-state index in [4.69, 9.17) is 0 Å². The maximum atomic E-state index is 13.1. The number of benzene rings is 2. The van der Waals surface area contributed by atoms with Crippen LogP contribution in [0.5, 0.6) is 0 Å². The minimum Gasteiger partial charge on any atom is -0.331 e. The molecule has 4 rings (SSSR count). The number of hydrogen-bond acceptors (Lipinski definition) is 3. The molecule has 1 aromatic heterocycles. The zero-order valence-electron chi connectivity index (χ0n) is 16.4. The van der Waals surface area contributed by atoms with Gasteiger partial charge in [-0.3, -0.25) is 4.79 Å². The van der Waals surface area contributed by atoms with Crippen LogP contribution in [0.2, 0.25) is 0 Å². The zero-order valence-corrected chi connectivity index (χ0v) is 16.4. The lowest BCUT2D eigenvalue weighted by Gasteiger charge is -2.23. The molecule has 0 aliphatic heterocycles. The van der Waals surface area contributed by atoms with Gasteiger partial charge in [0.05, 0.1) is 5.56 Å². The summed E-state index contributed by atoms with van der Waals surface area (Å²) in [5.41, 5.74) is 3.97. The monoisotopic (exact) mass is 371 g/mol. The molecule has 1 fully saturated rings. The summed E-state index contributed by atoms with van der Waals surface area (Å²) >= 11 is 0. The highest BCUT2D eigenvalue weighted by Crippen LogP contribution is 2.30. The summed E-state index contributed by atoms with van der Waals surface area (Å²) in [4.78, 5) is 23.9. The molecule has 0 atom stereocenters. The molecule has 0 radical (unpaired) electrons. The second kappa shape index (κ2) is 7.93. The van der Waals surface area contributed by atoms with Crippen LogP contribution in [0, 0.1) is 0 Å². The molecule has 2 aromatic carbocycles. The van der Waals surface area contributed by atoms with Crippen molar-refractivity contribution < 1.29 is 4.79 Å². The predicted octanol–water partition coefficient (Wildman–Crippen LogP) is 5.07. The van der Waals surface area contributed by atoms with Crippen LogP contribution in [-0.2, 0) is 6.54 Å². The van der Waals surface area contributed by atoms with Gasteiger partial charge in [-0.15, -0.1) is 0 Å². The SMILES string of the molecule is CC(C)c1ccc(CN(C(=O)c2cnc(-c3ccccc3)nc2)C2CC2)cc1. The summed E-state index contributed by atoms with van der Waals surface area (Å²) in [6.45, 7) is 5.00. The number of amides is 1. The lowest BCUT2D eigenvalue weighted by Crippen LogP contribution is -2.32. The first-order valence-electron chi connectivity index (χ1n) is 9.89. The second-order valence-electron chi connectivity index (χ2n) is 7.72. The van der Waals surface area contributed by atoms with E-state index in [1.54, 1.807) is 12.4 Å². The number of carbonyl (C=O) groups excluding carboxylic acids is 1. The molecule has 1 aliphatic rings. The van der Waals surface area contributed by atoms with Crippen molar-refractivity contribution in [1.29, 1.82) is 0 Å². The normalized spacial score (nSPS) is 13.5. The lowest BCUT2D eigenvalue weighted by molar-refractivity contribution is 0.0729. The third-order valence-corrected chi connectivity index (χ3v) is 5.18. The maximum Gasteiger partial charge on any atom is 0.257 e. The van der Waals surface area contributed by atoms with Crippen molar-refractivity contribution in [3.63, 3.8) is 0 Å². The number of carbonyl (C=O) groups is 1. The molecule has 0 N–H and O–H groups in total. The van der Waals surface area contributed by atoms with Crippen LogP contribution in [0.25, 0.3) is 11.4 Å². The smallest absolute Gasteiger partial charge is 0.257 e. The van der Waals surface area contributed by atoms with Crippen molar-refractivity contribution in [2.24, 2.45) is 0 Å². The van der Waals surface area contributed by atoms with Gasteiger partial charge in [0.25, 0.3) is 5.91 Å². The first-order valence-corrected chi connectivity index (χ1v) is 9.89. The fourth-order valence-corrected chi connectivity index (χ4v) is 3.30. The second-order valence-corrected chi connectivity index (χ2v) is 7.72. The zero-order chi connectivity index (χ0) is 19.5. The standard InChI is InChI=1S/C24H25N3O/c1-17(2)19-10-8-18(9-11-19)16-27(22-12-13-22)24(28)21-14-25-23(26-15-21)20-6-4-3-5-7-20/h3-11,14-15,17,22H,12-13,16H2,1-2H3. The summed E-state index contributed by atoms with van der Waals surface area (Å²) < 4.78 is 0. The molecule has 0 spiro atoms. The first kappa shape index (κ1) is 18.4. The predicted molar refractivity (Wildman–Crippen MR) is 111 cm³/mol. The van der Waals surface area contributed by atoms with E-state index < -0.39 is 0 Å². The van der Waals surface area contributed by atoms with Crippen LogP contribution in [-0.4, -0.2) is 26.8 Å². The van der Waals surface area contributed by atoms with Gasteiger partial charge in [0.1, 0.15) is 0 Å². The highest BCUT2D eigenvalue weighted by molar-refractivity contribution is 5.94. The van der Waals surface area contributed by atoms with E-state index in [9.17, 15) is 4.79 Å². The van der Waals surface area contributed by atoms with Crippen LogP contribution in [0.15, 0.2) is 67.0 Å². The maximum absolute atomic E-state index is 13.1. The van der Waals surface area contributed by atoms with Gasteiger partial charge < -0.3 is 4.90 Å². The van der Waals surface area contributed by atoms with Crippen LogP contribution < -0.4 is 0 Å². The summed E-state index contributed by atoms with van der Waals surface area (Å²) in [5.74, 6) is 1.16. The Labute approximate surface area is 166 Å². The van der Waals surface area contributed by atoms with Crippen molar-refractivity contribution in [2.45, 2.75) is 45.2 Å². The Bertz CT molecular complexity index is 930. The molecule has 28 heavy (non-hydrogen) atoms. The Kier molecular flexibility index (Phi) is 5.20. The molecule has 1 amide bonds. The van der Waals surface area contributed by atoms with Crippen LogP contribution in [0.4, 0.5) is 0 Å². The number of nitrogens with zero attached hydrogens (tertiary/aromatic N) is 3. The van der Waals surface area contributed by atoms with Crippen LogP contribution >= 0.6 is 0 Å². The Morgan fingerprint density at radius 3 is 2.21 bits per heavy atom. The Morgan fingerprint density at radius 1 is 1.00 bits per heavy atom. The highest BCUT2D eigenvalue weighted by atomic mass is 16.2. The van der Waals surface area contributed by atoms with Crippen molar-refractivity contribution in [1.82, 2.24) is 14.9 Å². The fourth-order valence-electron chi connectivity index (χ4n) is 3.30. The number of hydrogen-bond donors (Lipinski definition) is 0. The minimum absolute atomic E-state index is 0.00930. The van der Waals surface area contributed by atoms with Crippen molar-refractivity contribution >= 4 is 5.91 Å². The van der Waals surface area contributed by atoms with Crippen LogP contribution in [0.1, 0.15) is 54.1 Å². The molecule has 1 aliphatic carbocycles. The molecular formula is C24H25N3O. The van der Waals surface area contributed by atoms with E-state index in [1.165, 1.54) is 5.56 Å². The third-order valence-electron chi connectivity index (χ3n) is 5.18. The number of aromatic nitrogens is 2. The number of rotatable bonds is 6. The molecule has 0 unspecified atom stereocenters. The molecule has 0 saturated heterocycles. The molecule has 4 nitrogen and oxygen atoms in total. The summed E-state index contributed by atoms with van der Waals surface area (Å²) in [6, 6.07) is 18.7. The van der Waals surface area contributed by atoms with Gasteiger partial charge in [0, 0.05) is 30.5 Å². The molecule has 1 heterocycles. The summed E-state index contributed by atoms with van der Waals surface area (Å²) in [6.07, 6.45) is 5.43. The van der Waals surface area contributed by atoms with E-state index in [1.807, 2.05) is 35.2 Å². The van der Waals surface area contributed by atoms with Gasteiger partial charge in [-0.25, -0.2) is 9.97 Å². The highest BCUT2D eigenvalue weighted by Gasteiger charge is 2.33. The molecule has 1 saturated carbocycles. The van der Waals surface area contributed by atoms with Gasteiger partial charge >= 0.3 is 0 Å². The molecule has 3 aromatic rings. The summed E-state index contributed by atoms with van der Waals surface area (Å²) in [7, 11) is 0. The van der Waals surface area contributed by atoms with Gasteiger partial charge in [0.2, 0.25) is 0 Å². The topological polar surface area (TPSA) is 46.1 Å². The molecule has 142 valence electrons. The van der Waals surface area contributed by atoms with E-state index >= 15 is 0 Å². The van der Waals surface area contributed by atoms with Gasteiger partial charge in [0.15, 0.2) is 5.82 Å². The lowest BCUT2D eigenvalue weighted by atomic mass is 10.0.